The normalized spacial score (nSPS) is 13.9. The zero-order valence-corrected chi connectivity index (χ0v) is 19.3. The number of fused-ring (bicyclic) bond motifs is 1. The van der Waals surface area contributed by atoms with Crippen LogP contribution in [0.3, 0.4) is 0 Å². The van der Waals surface area contributed by atoms with Gasteiger partial charge in [0.15, 0.2) is 0 Å². The first-order valence-corrected chi connectivity index (χ1v) is 11.5. The number of nitrogens with one attached hydrogen (secondary N) is 1. The molecule has 2 heterocycles. The molecule has 3 aromatic rings. The Kier molecular flexibility index (Phi) is 6.58. The third-order valence-electron chi connectivity index (χ3n) is 6.60. The Balaban J connectivity index is 1.49. The minimum Gasteiger partial charge on any atom is -0.356 e. The van der Waals surface area contributed by atoms with Crippen LogP contribution in [0.5, 0.6) is 0 Å². The van der Waals surface area contributed by atoms with E-state index in [2.05, 4.69) is 16.5 Å². The number of aryl methyl sites for hydroxylation is 2. The van der Waals surface area contributed by atoms with Gasteiger partial charge in [0.2, 0.25) is 5.91 Å². The predicted molar refractivity (Wildman–Crippen MR) is 128 cm³/mol. The van der Waals surface area contributed by atoms with Crippen molar-refractivity contribution in [1.82, 2.24) is 19.5 Å². The number of allylic oxidation sites excluding steroid dienone is 1. The third-order valence-corrected chi connectivity index (χ3v) is 6.60. The van der Waals surface area contributed by atoms with Gasteiger partial charge >= 0.3 is 0 Å². The minimum atomic E-state index is -0.143. The molecule has 0 fully saturated rings. The molecule has 0 unspecified atom stereocenters. The van der Waals surface area contributed by atoms with E-state index < -0.39 is 0 Å². The lowest BCUT2D eigenvalue weighted by Gasteiger charge is -2.14. The van der Waals surface area contributed by atoms with Crippen molar-refractivity contribution in [3.8, 4) is 11.3 Å². The van der Waals surface area contributed by atoms with Crippen molar-refractivity contribution in [2.45, 2.75) is 58.8 Å². The van der Waals surface area contributed by atoms with Crippen molar-refractivity contribution < 1.29 is 4.79 Å². The fourth-order valence-corrected chi connectivity index (χ4v) is 4.52. The van der Waals surface area contributed by atoms with E-state index in [1.807, 2.05) is 55.8 Å². The van der Waals surface area contributed by atoms with Crippen molar-refractivity contribution in [2.24, 2.45) is 7.05 Å². The molecule has 6 nitrogen and oxygen atoms in total. The first-order valence-electron chi connectivity index (χ1n) is 11.5. The number of hydrogen-bond acceptors (Lipinski definition) is 3. The highest BCUT2D eigenvalue weighted by molar-refractivity contribution is 5.76. The van der Waals surface area contributed by atoms with Crippen LogP contribution in [0, 0.1) is 13.8 Å². The van der Waals surface area contributed by atoms with Gasteiger partial charge in [-0.3, -0.25) is 9.59 Å². The van der Waals surface area contributed by atoms with Crippen LogP contribution in [0.2, 0.25) is 0 Å². The first kappa shape index (κ1) is 22.1. The summed E-state index contributed by atoms with van der Waals surface area (Å²) in [6.07, 6.45) is 8.78. The second-order valence-electron chi connectivity index (χ2n) is 8.75. The van der Waals surface area contributed by atoms with Crippen LogP contribution < -0.4 is 10.9 Å². The molecule has 2 aromatic heterocycles. The number of rotatable bonds is 7. The van der Waals surface area contributed by atoms with Crippen LogP contribution in [-0.4, -0.2) is 26.6 Å². The lowest BCUT2D eigenvalue weighted by Crippen LogP contribution is -2.28. The van der Waals surface area contributed by atoms with Gasteiger partial charge in [-0.25, -0.2) is 0 Å². The summed E-state index contributed by atoms with van der Waals surface area (Å²) in [6, 6.07) is 9.98. The van der Waals surface area contributed by atoms with Gasteiger partial charge < -0.3 is 9.88 Å². The summed E-state index contributed by atoms with van der Waals surface area (Å²) in [7, 11) is 1.94. The van der Waals surface area contributed by atoms with E-state index in [0.717, 1.165) is 47.4 Å². The number of benzene rings is 1. The topological polar surface area (TPSA) is 68.4 Å². The molecule has 0 aliphatic heterocycles. The van der Waals surface area contributed by atoms with Crippen molar-refractivity contribution in [3.05, 3.63) is 69.2 Å². The van der Waals surface area contributed by atoms with E-state index in [9.17, 15) is 9.59 Å². The molecule has 0 radical (unpaired) electrons. The van der Waals surface area contributed by atoms with Crippen LogP contribution in [0.25, 0.3) is 16.9 Å². The average molecular weight is 433 g/mol. The maximum Gasteiger partial charge on any atom is 0.277 e. The molecule has 168 valence electrons. The minimum absolute atomic E-state index is 0.0102. The summed E-state index contributed by atoms with van der Waals surface area (Å²) in [5.74, 6) is -0.0102. The molecule has 0 spiro atoms. The van der Waals surface area contributed by atoms with E-state index in [-0.39, 0.29) is 11.5 Å². The molecule has 1 aliphatic carbocycles. The average Bonchev–Trinajstić information content (AvgIpc) is 3.24. The van der Waals surface area contributed by atoms with E-state index in [4.69, 9.17) is 0 Å². The number of hydrogen-bond donors (Lipinski definition) is 1. The van der Waals surface area contributed by atoms with E-state index in [1.165, 1.54) is 22.9 Å². The molecule has 1 amide bonds. The zero-order chi connectivity index (χ0) is 22.7. The predicted octanol–water partition coefficient (Wildman–Crippen LogP) is 4.26. The number of aromatic nitrogens is 3. The Morgan fingerprint density at radius 1 is 1.16 bits per heavy atom. The Morgan fingerprint density at radius 3 is 2.72 bits per heavy atom. The summed E-state index contributed by atoms with van der Waals surface area (Å²) in [6.45, 7) is 4.64. The molecule has 0 saturated heterocycles. The first-order chi connectivity index (χ1) is 15.5. The fourth-order valence-electron chi connectivity index (χ4n) is 4.52. The highest BCUT2D eigenvalue weighted by Gasteiger charge is 2.17. The molecule has 4 rings (SSSR count). The van der Waals surface area contributed by atoms with Gasteiger partial charge in [0.25, 0.3) is 5.56 Å². The summed E-state index contributed by atoms with van der Waals surface area (Å²) < 4.78 is 3.45. The molecule has 32 heavy (non-hydrogen) atoms. The van der Waals surface area contributed by atoms with Gasteiger partial charge in [-0.15, -0.1) is 0 Å². The fraction of sp³-hybridized carbons (Fsp3) is 0.423. The number of nitrogens with zero attached hydrogens (tertiary/aromatic N) is 3. The Morgan fingerprint density at radius 2 is 1.97 bits per heavy atom. The van der Waals surface area contributed by atoms with Crippen molar-refractivity contribution in [2.75, 3.05) is 6.54 Å². The lowest BCUT2D eigenvalue weighted by atomic mass is 9.97. The molecule has 6 heteroatoms. The summed E-state index contributed by atoms with van der Waals surface area (Å²) in [5, 5.41) is 7.62. The summed E-state index contributed by atoms with van der Waals surface area (Å²) in [4.78, 5) is 25.6. The van der Waals surface area contributed by atoms with Gasteiger partial charge in [0.1, 0.15) is 5.65 Å². The molecule has 1 aromatic carbocycles. The summed E-state index contributed by atoms with van der Waals surface area (Å²) >= 11 is 0. The van der Waals surface area contributed by atoms with E-state index in [1.54, 1.807) is 0 Å². The molecule has 0 bridgehead atoms. The maximum absolute atomic E-state index is 13.2. The van der Waals surface area contributed by atoms with Crippen LogP contribution in [0.4, 0.5) is 0 Å². The molecular formula is C26H32N4O2. The third kappa shape index (κ3) is 4.54. The molecular weight excluding hydrogens is 400 g/mol. The number of amides is 1. The second-order valence-corrected chi connectivity index (χ2v) is 8.75. The van der Waals surface area contributed by atoms with Crippen molar-refractivity contribution in [1.29, 1.82) is 0 Å². The van der Waals surface area contributed by atoms with Gasteiger partial charge in [-0.2, -0.15) is 9.61 Å². The highest BCUT2D eigenvalue weighted by Crippen LogP contribution is 2.23. The van der Waals surface area contributed by atoms with Crippen LogP contribution >= 0.6 is 0 Å². The van der Waals surface area contributed by atoms with Gasteiger partial charge in [0, 0.05) is 42.9 Å². The Hall–Kier alpha value is -3.15. The lowest BCUT2D eigenvalue weighted by molar-refractivity contribution is -0.121. The molecule has 1 N–H and O–H groups in total. The van der Waals surface area contributed by atoms with Crippen LogP contribution in [0.1, 0.15) is 55.3 Å². The SMILES string of the molecule is Cc1ccccc1-c1cc2n(C)c(C)c(CCC(=O)NCCC3=CCCCC3)c(=O)n2n1. The Labute approximate surface area is 189 Å². The van der Waals surface area contributed by atoms with E-state index >= 15 is 0 Å². The van der Waals surface area contributed by atoms with Gasteiger partial charge in [-0.05, 0) is 57.9 Å². The Bertz CT molecular complexity index is 1230. The quantitative estimate of drug-likeness (QED) is 0.568. The highest BCUT2D eigenvalue weighted by atomic mass is 16.1. The van der Waals surface area contributed by atoms with Crippen LogP contribution in [-0.2, 0) is 18.3 Å². The molecule has 1 aliphatic rings. The monoisotopic (exact) mass is 432 g/mol. The largest absolute Gasteiger partial charge is 0.356 e. The van der Waals surface area contributed by atoms with Crippen LogP contribution in [0.15, 0.2) is 46.8 Å². The number of carbonyl (C=O) groups is 1. The van der Waals surface area contributed by atoms with Gasteiger partial charge in [-0.1, -0.05) is 35.9 Å². The molecule has 0 saturated carbocycles. The second kappa shape index (κ2) is 9.55. The molecule has 0 atom stereocenters. The summed E-state index contributed by atoms with van der Waals surface area (Å²) in [5.41, 5.74) is 6.49. The standard InChI is InChI=1S/C26H32N4O2/c1-18-9-7-8-12-21(18)23-17-25-29(3)19(2)22(26(32)30(25)28-23)13-14-24(31)27-16-15-20-10-5-4-6-11-20/h7-10,12,17H,4-6,11,13-16H2,1-3H3,(H,27,31). The number of carbonyl (C=O) groups excluding carboxylic acids is 1. The van der Waals surface area contributed by atoms with Gasteiger partial charge in [0.05, 0.1) is 5.69 Å². The maximum atomic E-state index is 13.2. The smallest absolute Gasteiger partial charge is 0.277 e. The van der Waals surface area contributed by atoms with E-state index in [0.29, 0.717) is 24.9 Å². The van der Waals surface area contributed by atoms with Crippen molar-refractivity contribution >= 4 is 11.6 Å². The van der Waals surface area contributed by atoms with Crippen molar-refractivity contribution in [3.63, 3.8) is 0 Å². The zero-order valence-electron chi connectivity index (χ0n) is 19.3.